The summed E-state index contributed by atoms with van der Waals surface area (Å²) in [6.07, 6.45) is 3.80. The Hall–Kier alpha value is -2.40. The van der Waals surface area contributed by atoms with E-state index in [2.05, 4.69) is 57.4 Å². The van der Waals surface area contributed by atoms with Gasteiger partial charge >= 0.3 is 0 Å². The molecule has 2 aromatic rings. The fourth-order valence-corrected chi connectivity index (χ4v) is 3.22. The predicted molar refractivity (Wildman–Crippen MR) is 105 cm³/mol. The fourth-order valence-electron chi connectivity index (χ4n) is 3.22. The Morgan fingerprint density at radius 1 is 1.12 bits per heavy atom. The maximum Gasteiger partial charge on any atom is 0.269 e. The predicted octanol–water partition coefficient (Wildman–Crippen LogP) is 2.93. The Morgan fingerprint density at radius 3 is 2.62 bits per heavy atom. The third kappa shape index (κ3) is 5.05. The summed E-state index contributed by atoms with van der Waals surface area (Å²) < 4.78 is 0. The zero-order valence-corrected chi connectivity index (χ0v) is 15.5. The Balaban J connectivity index is 1.54. The van der Waals surface area contributed by atoms with Crippen LogP contribution in [0.15, 0.2) is 48.7 Å². The highest BCUT2D eigenvalue weighted by molar-refractivity contribution is 5.93. The number of piperazine rings is 1. The van der Waals surface area contributed by atoms with Crippen LogP contribution in [0.25, 0.3) is 0 Å². The van der Waals surface area contributed by atoms with E-state index in [0.717, 1.165) is 51.3 Å². The lowest BCUT2D eigenvalue weighted by molar-refractivity contribution is 0.0948. The van der Waals surface area contributed by atoms with Crippen LogP contribution in [-0.2, 0) is 6.54 Å². The zero-order chi connectivity index (χ0) is 18.2. The summed E-state index contributed by atoms with van der Waals surface area (Å²) in [5.74, 6) is -0.0805. The molecule has 3 rings (SSSR count). The van der Waals surface area contributed by atoms with Crippen molar-refractivity contribution in [2.24, 2.45) is 0 Å². The molecule has 0 atom stereocenters. The smallest absolute Gasteiger partial charge is 0.269 e. The van der Waals surface area contributed by atoms with Gasteiger partial charge < -0.3 is 10.2 Å². The maximum absolute atomic E-state index is 12.2. The average Bonchev–Trinajstić information content (AvgIpc) is 2.69. The number of anilines is 1. The van der Waals surface area contributed by atoms with Crippen molar-refractivity contribution in [1.82, 2.24) is 15.2 Å². The van der Waals surface area contributed by atoms with Gasteiger partial charge in [0.25, 0.3) is 5.91 Å². The minimum Gasteiger partial charge on any atom is -0.369 e. The van der Waals surface area contributed by atoms with Gasteiger partial charge in [-0.2, -0.15) is 0 Å². The van der Waals surface area contributed by atoms with Crippen LogP contribution in [-0.4, -0.2) is 48.5 Å². The molecule has 5 nitrogen and oxygen atoms in total. The molecule has 0 saturated carbocycles. The highest BCUT2D eigenvalue weighted by Gasteiger charge is 2.18. The number of hydrogen-bond acceptors (Lipinski definition) is 4. The number of rotatable bonds is 7. The van der Waals surface area contributed by atoms with Crippen molar-refractivity contribution in [3.8, 4) is 0 Å². The quantitative estimate of drug-likeness (QED) is 0.779. The SMILES string of the molecule is CCCCNC(=O)c1cc(N2CCN(Cc3ccccc3)CC2)ccn1. The molecule has 26 heavy (non-hydrogen) atoms. The van der Waals surface area contributed by atoms with Gasteiger partial charge in [0.1, 0.15) is 5.69 Å². The largest absolute Gasteiger partial charge is 0.369 e. The number of amides is 1. The minimum atomic E-state index is -0.0805. The first-order chi connectivity index (χ1) is 12.8. The molecule has 0 aliphatic carbocycles. The molecule has 1 aromatic heterocycles. The second kappa shape index (κ2) is 9.34. The Bertz CT molecular complexity index is 696. The van der Waals surface area contributed by atoms with Gasteiger partial charge in [0.05, 0.1) is 0 Å². The third-order valence-electron chi connectivity index (χ3n) is 4.78. The van der Waals surface area contributed by atoms with Crippen LogP contribution in [0, 0.1) is 0 Å². The molecule has 0 unspecified atom stereocenters. The molecule has 1 N–H and O–H groups in total. The molecule has 0 radical (unpaired) electrons. The molecule has 138 valence electrons. The van der Waals surface area contributed by atoms with Crippen molar-refractivity contribution in [3.63, 3.8) is 0 Å². The molecule has 1 aliphatic heterocycles. The van der Waals surface area contributed by atoms with Gasteiger partial charge in [0.15, 0.2) is 0 Å². The molecule has 1 saturated heterocycles. The Kier molecular flexibility index (Phi) is 6.61. The first-order valence-corrected chi connectivity index (χ1v) is 9.51. The summed E-state index contributed by atoms with van der Waals surface area (Å²) in [5, 5.41) is 2.94. The van der Waals surface area contributed by atoms with E-state index in [9.17, 15) is 4.79 Å². The van der Waals surface area contributed by atoms with Crippen LogP contribution in [0.5, 0.6) is 0 Å². The van der Waals surface area contributed by atoms with Crippen LogP contribution in [0.1, 0.15) is 35.8 Å². The van der Waals surface area contributed by atoms with E-state index in [4.69, 9.17) is 0 Å². The molecule has 0 spiro atoms. The normalized spacial score (nSPS) is 15.0. The van der Waals surface area contributed by atoms with Gasteiger partial charge in [-0.25, -0.2) is 0 Å². The van der Waals surface area contributed by atoms with Crippen molar-refractivity contribution in [2.45, 2.75) is 26.3 Å². The topological polar surface area (TPSA) is 48.5 Å². The molecule has 1 fully saturated rings. The number of hydrogen-bond donors (Lipinski definition) is 1. The van der Waals surface area contributed by atoms with Crippen LogP contribution in [0.3, 0.4) is 0 Å². The summed E-state index contributed by atoms with van der Waals surface area (Å²) in [6, 6.07) is 14.5. The van der Waals surface area contributed by atoms with Gasteiger partial charge in [-0.3, -0.25) is 14.7 Å². The average molecular weight is 352 g/mol. The third-order valence-corrected chi connectivity index (χ3v) is 4.78. The number of carbonyl (C=O) groups is 1. The van der Waals surface area contributed by atoms with Crippen LogP contribution >= 0.6 is 0 Å². The summed E-state index contributed by atoms with van der Waals surface area (Å²) in [5.41, 5.74) is 2.95. The number of benzene rings is 1. The zero-order valence-electron chi connectivity index (χ0n) is 15.5. The van der Waals surface area contributed by atoms with Crippen molar-refractivity contribution in [1.29, 1.82) is 0 Å². The first kappa shape index (κ1) is 18.4. The summed E-state index contributed by atoms with van der Waals surface area (Å²) >= 11 is 0. The number of pyridine rings is 1. The van der Waals surface area contributed by atoms with E-state index in [1.165, 1.54) is 5.56 Å². The van der Waals surface area contributed by atoms with Gasteiger partial charge in [0.2, 0.25) is 0 Å². The second-order valence-electron chi connectivity index (χ2n) is 6.76. The van der Waals surface area contributed by atoms with Gasteiger partial charge in [-0.15, -0.1) is 0 Å². The Morgan fingerprint density at radius 2 is 1.88 bits per heavy atom. The van der Waals surface area contributed by atoms with Crippen molar-refractivity contribution >= 4 is 11.6 Å². The highest BCUT2D eigenvalue weighted by atomic mass is 16.1. The summed E-state index contributed by atoms with van der Waals surface area (Å²) in [4.78, 5) is 21.3. The molecular formula is C21H28N4O. The number of nitrogens with zero attached hydrogens (tertiary/aromatic N) is 3. The lowest BCUT2D eigenvalue weighted by Gasteiger charge is -2.36. The van der Waals surface area contributed by atoms with Crippen molar-refractivity contribution in [3.05, 3.63) is 59.9 Å². The van der Waals surface area contributed by atoms with Crippen LogP contribution < -0.4 is 10.2 Å². The molecule has 5 heteroatoms. The van der Waals surface area contributed by atoms with Gasteiger partial charge in [0, 0.05) is 51.2 Å². The number of nitrogens with one attached hydrogen (secondary N) is 1. The van der Waals surface area contributed by atoms with Crippen LogP contribution in [0.2, 0.25) is 0 Å². The van der Waals surface area contributed by atoms with Crippen molar-refractivity contribution < 1.29 is 4.79 Å². The van der Waals surface area contributed by atoms with E-state index in [-0.39, 0.29) is 5.91 Å². The number of carbonyl (C=O) groups excluding carboxylic acids is 1. The van der Waals surface area contributed by atoms with E-state index >= 15 is 0 Å². The molecule has 0 bridgehead atoms. The second-order valence-corrected chi connectivity index (χ2v) is 6.76. The summed E-state index contributed by atoms with van der Waals surface area (Å²) in [7, 11) is 0. The standard InChI is InChI=1S/C21H28N4O/c1-2-3-10-23-21(26)20-16-19(9-11-22-20)25-14-12-24(13-15-25)17-18-7-5-4-6-8-18/h4-9,11,16H,2-3,10,12-15,17H2,1H3,(H,23,26). The summed E-state index contributed by atoms with van der Waals surface area (Å²) in [6.45, 7) is 7.80. The molecule has 1 aromatic carbocycles. The minimum absolute atomic E-state index is 0.0805. The van der Waals surface area contributed by atoms with Crippen LogP contribution in [0.4, 0.5) is 5.69 Å². The molecule has 1 aliphatic rings. The number of aromatic nitrogens is 1. The Labute approximate surface area is 156 Å². The molecule has 1 amide bonds. The monoisotopic (exact) mass is 352 g/mol. The molecular weight excluding hydrogens is 324 g/mol. The number of unbranched alkanes of at least 4 members (excludes halogenated alkanes) is 1. The fraction of sp³-hybridized carbons (Fsp3) is 0.429. The molecule has 2 heterocycles. The van der Waals surface area contributed by atoms with Gasteiger partial charge in [-0.05, 0) is 24.1 Å². The highest BCUT2D eigenvalue weighted by Crippen LogP contribution is 2.18. The lowest BCUT2D eigenvalue weighted by Crippen LogP contribution is -2.46. The maximum atomic E-state index is 12.2. The van der Waals surface area contributed by atoms with E-state index in [0.29, 0.717) is 12.2 Å². The van der Waals surface area contributed by atoms with E-state index in [1.54, 1.807) is 6.20 Å². The van der Waals surface area contributed by atoms with Crippen molar-refractivity contribution in [2.75, 3.05) is 37.6 Å². The first-order valence-electron chi connectivity index (χ1n) is 9.51. The van der Waals surface area contributed by atoms with E-state index < -0.39 is 0 Å². The van der Waals surface area contributed by atoms with E-state index in [1.807, 2.05) is 12.1 Å². The lowest BCUT2D eigenvalue weighted by atomic mass is 10.2. The van der Waals surface area contributed by atoms with Gasteiger partial charge in [-0.1, -0.05) is 43.7 Å².